The summed E-state index contributed by atoms with van der Waals surface area (Å²) in [5, 5.41) is 14.9. The third-order valence-corrected chi connectivity index (χ3v) is 5.92. The van der Waals surface area contributed by atoms with Gasteiger partial charge in [0.15, 0.2) is 4.34 Å². The third kappa shape index (κ3) is 5.58. The average Bonchev–Trinajstić information content (AvgIpc) is 3.32. The van der Waals surface area contributed by atoms with Crippen LogP contribution in [0, 0.1) is 0 Å². The van der Waals surface area contributed by atoms with Crippen LogP contribution in [0.3, 0.4) is 0 Å². The van der Waals surface area contributed by atoms with Gasteiger partial charge in [-0.25, -0.2) is 0 Å². The largest absolute Gasteiger partial charge is 0.467 e. The molecule has 0 aliphatic heterocycles. The Kier molecular flexibility index (Phi) is 6.52. The fourth-order valence-corrected chi connectivity index (χ4v) is 4.26. The monoisotopic (exact) mass is 402 g/mol. The first-order chi connectivity index (χ1) is 13.0. The van der Waals surface area contributed by atoms with Crippen LogP contribution in [0.2, 0.25) is 0 Å². The average molecular weight is 403 g/mol. The Morgan fingerprint density at radius 2 is 1.96 bits per heavy atom. The smallest absolute Gasteiger partial charge is 0.233 e. The predicted molar refractivity (Wildman–Crippen MR) is 110 cm³/mol. The standard InChI is InChI=1S/C19H22N4O2S2/c1-12(2)14-6-8-15(9-7-14)21-18-22-23-19(27-18)26-13(3)17(24)20-11-16-5-4-10-25-16/h4-10,12-13H,11H2,1-3H3,(H,20,24)(H,21,22). The SMILES string of the molecule is CC(Sc1nnc(Nc2ccc(C(C)C)cc2)s1)C(=O)NCc1ccco1. The Hall–Kier alpha value is -2.32. The van der Waals surface area contributed by atoms with E-state index in [1.807, 2.05) is 25.1 Å². The highest BCUT2D eigenvalue weighted by molar-refractivity contribution is 8.02. The summed E-state index contributed by atoms with van der Waals surface area (Å²) in [5.74, 6) is 1.17. The number of rotatable bonds is 8. The molecule has 142 valence electrons. The van der Waals surface area contributed by atoms with Gasteiger partial charge in [0.2, 0.25) is 11.0 Å². The molecule has 0 bridgehead atoms. The van der Waals surface area contributed by atoms with Crippen LogP contribution in [0.15, 0.2) is 51.4 Å². The first-order valence-corrected chi connectivity index (χ1v) is 10.4. The van der Waals surface area contributed by atoms with Crippen molar-refractivity contribution in [3.05, 3.63) is 54.0 Å². The molecule has 27 heavy (non-hydrogen) atoms. The maximum absolute atomic E-state index is 12.2. The molecule has 3 aromatic rings. The number of furan rings is 1. The minimum Gasteiger partial charge on any atom is -0.467 e. The van der Waals surface area contributed by atoms with Gasteiger partial charge >= 0.3 is 0 Å². The molecule has 8 heteroatoms. The third-order valence-electron chi connectivity index (χ3n) is 3.90. The van der Waals surface area contributed by atoms with Crippen molar-refractivity contribution in [3.8, 4) is 0 Å². The van der Waals surface area contributed by atoms with Gasteiger partial charge in [0.25, 0.3) is 0 Å². The summed E-state index contributed by atoms with van der Waals surface area (Å²) in [6.45, 7) is 6.57. The van der Waals surface area contributed by atoms with E-state index >= 15 is 0 Å². The Morgan fingerprint density at radius 1 is 1.19 bits per heavy atom. The highest BCUT2D eigenvalue weighted by atomic mass is 32.2. The molecule has 2 heterocycles. The molecule has 0 aliphatic rings. The van der Waals surface area contributed by atoms with E-state index in [1.54, 1.807) is 12.3 Å². The first kappa shape index (κ1) is 19.4. The molecule has 3 rings (SSSR count). The van der Waals surface area contributed by atoms with Crippen LogP contribution in [0.4, 0.5) is 10.8 Å². The molecular weight excluding hydrogens is 380 g/mol. The van der Waals surface area contributed by atoms with Gasteiger partial charge in [-0.05, 0) is 42.7 Å². The second-order valence-corrected chi connectivity index (χ2v) is 8.90. The molecular formula is C19H22N4O2S2. The van der Waals surface area contributed by atoms with Crippen LogP contribution in [0.25, 0.3) is 0 Å². The summed E-state index contributed by atoms with van der Waals surface area (Å²) in [6.07, 6.45) is 1.59. The van der Waals surface area contributed by atoms with Crippen molar-refractivity contribution in [1.29, 1.82) is 0 Å². The van der Waals surface area contributed by atoms with Crippen LogP contribution in [0.1, 0.15) is 38.0 Å². The van der Waals surface area contributed by atoms with Crippen LogP contribution in [0.5, 0.6) is 0 Å². The van der Waals surface area contributed by atoms with E-state index in [1.165, 1.54) is 28.7 Å². The lowest BCUT2D eigenvalue weighted by atomic mass is 10.0. The molecule has 0 saturated heterocycles. The van der Waals surface area contributed by atoms with Gasteiger partial charge in [0.05, 0.1) is 18.1 Å². The Morgan fingerprint density at radius 3 is 2.63 bits per heavy atom. The van der Waals surface area contributed by atoms with E-state index in [0.29, 0.717) is 17.6 Å². The lowest BCUT2D eigenvalue weighted by molar-refractivity contribution is -0.120. The van der Waals surface area contributed by atoms with Crippen LogP contribution < -0.4 is 10.6 Å². The minimum atomic E-state index is -0.272. The van der Waals surface area contributed by atoms with E-state index in [-0.39, 0.29) is 11.2 Å². The van der Waals surface area contributed by atoms with Gasteiger partial charge < -0.3 is 15.1 Å². The molecule has 0 saturated carbocycles. The zero-order chi connectivity index (χ0) is 19.2. The molecule has 1 atom stereocenters. The van der Waals surface area contributed by atoms with Crippen molar-refractivity contribution < 1.29 is 9.21 Å². The fraction of sp³-hybridized carbons (Fsp3) is 0.316. The normalized spacial score (nSPS) is 12.1. The number of nitrogens with one attached hydrogen (secondary N) is 2. The number of benzene rings is 1. The molecule has 1 amide bonds. The maximum atomic E-state index is 12.2. The zero-order valence-electron chi connectivity index (χ0n) is 15.4. The summed E-state index contributed by atoms with van der Waals surface area (Å²) < 4.78 is 5.96. The molecule has 6 nitrogen and oxygen atoms in total. The summed E-state index contributed by atoms with van der Waals surface area (Å²) in [7, 11) is 0. The van der Waals surface area contributed by atoms with E-state index < -0.39 is 0 Å². The molecule has 2 aromatic heterocycles. The second-order valence-electron chi connectivity index (χ2n) is 6.33. The molecule has 1 unspecified atom stereocenters. The van der Waals surface area contributed by atoms with Gasteiger partial charge in [-0.2, -0.15) is 0 Å². The lowest BCUT2D eigenvalue weighted by Gasteiger charge is -2.09. The van der Waals surface area contributed by atoms with Crippen molar-refractivity contribution in [2.24, 2.45) is 0 Å². The number of amides is 1. The van der Waals surface area contributed by atoms with Gasteiger partial charge in [0, 0.05) is 5.69 Å². The maximum Gasteiger partial charge on any atom is 0.233 e. The molecule has 2 N–H and O–H groups in total. The first-order valence-electron chi connectivity index (χ1n) is 8.68. The highest BCUT2D eigenvalue weighted by Crippen LogP contribution is 2.30. The summed E-state index contributed by atoms with van der Waals surface area (Å²) in [5.41, 5.74) is 2.26. The van der Waals surface area contributed by atoms with Crippen molar-refractivity contribution >= 4 is 39.8 Å². The van der Waals surface area contributed by atoms with Crippen LogP contribution >= 0.6 is 23.1 Å². The molecule has 1 aromatic carbocycles. The zero-order valence-corrected chi connectivity index (χ0v) is 17.1. The quantitative estimate of drug-likeness (QED) is 0.527. The van der Waals surface area contributed by atoms with Gasteiger partial charge in [-0.3, -0.25) is 4.79 Å². The topological polar surface area (TPSA) is 80.0 Å². The molecule has 0 radical (unpaired) electrons. The number of carbonyl (C=O) groups is 1. The number of anilines is 2. The fourth-order valence-electron chi connectivity index (χ4n) is 2.32. The van der Waals surface area contributed by atoms with Gasteiger partial charge in [-0.1, -0.05) is 49.1 Å². The number of carbonyl (C=O) groups excluding carboxylic acids is 1. The summed E-state index contributed by atoms with van der Waals surface area (Å²) in [4.78, 5) is 12.2. The number of aromatic nitrogens is 2. The van der Waals surface area contributed by atoms with Gasteiger partial charge in [-0.15, -0.1) is 10.2 Å². The van der Waals surface area contributed by atoms with Crippen molar-refractivity contribution in [2.45, 2.75) is 42.8 Å². The van der Waals surface area contributed by atoms with Crippen molar-refractivity contribution in [1.82, 2.24) is 15.5 Å². The van der Waals surface area contributed by atoms with E-state index in [2.05, 4.69) is 46.8 Å². The number of hydrogen-bond donors (Lipinski definition) is 2. The van der Waals surface area contributed by atoms with E-state index in [0.717, 1.165) is 15.8 Å². The highest BCUT2D eigenvalue weighted by Gasteiger charge is 2.17. The molecule has 0 aliphatic carbocycles. The lowest BCUT2D eigenvalue weighted by Crippen LogP contribution is -2.30. The Bertz CT molecular complexity index is 860. The molecule has 0 fully saturated rings. The summed E-state index contributed by atoms with van der Waals surface area (Å²) in [6, 6.07) is 11.9. The second kappa shape index (κ2) is 9.05. The number of nitrogens with zero attached hydrogens (tertiary/aromatic N) is 2. The Labute approximate surface area is 166 Å². The summed E-state index contributed by atoms with van der Waals surface area (Å²) >= 11 is 2.82. The number of thioether (sulfide) groups is 1. The van der Waals surface area contributed by atoms with Crippen molar-refractivity contribution in [2.75, 3.05) is 5.32 Å². The van der Waals surface area contributed by atoms with Crippen molar-refractivity contribution in [3.63, 3.8) is 0 Å². The van der Waals surface area contributed by atoms with Gasteiger partial charge in [0.1, 0.15) is 5.76 Å². The van der Waals surface area contributed by atoms with Crippen LogP contribution in [-0.2, 0) is 11.3 Å². The molecule has 0 spiro atoms. The predicted octanol–water partition coefficient (Wildman–Crippen LogP) is 4.80. The van der Waals surface area contributed by atoms with E-state index in [9.17, 15) is 4.79 Å². The minimum absolute atomic E-state index is 0.0645. The Balaban J connectivity index is 1.51. The van der Waals surface area contributed by atoms with Crippen LogP contribution in [-0.4, -0.2) is 21.4 Å². The van der Waals surface area contributed by atoms with E-state index in [4.69, 9.17) is 4.42 Å². The number of hydrogen-bond acceptors (Lipinski definition) is 7.